The van der Waals surface area contributed by atoms with E-state index in [-0.39, 0.29) is 0 Å². The Kier molecular flexibility index (Phi) is 3.95. The van der Waals surface area contributed by atoms with Crippen LogP contribution in [0.4, 0.5) is 0 Å². The summed E-state index contributed by atoms with van der Waals surface area (Å²) in [4.78, 5) is 2.85. The molecule has 5 atom stereocenters. The first-order valence-electron chi connectivity index (χ1n) is 8.31. The minimum absolute atomic E-state index is 0.451. The average molecular weight is 250 g/mol. The fourth-order valence-electron chi connectivity index (χ4n) is 4.91. The van der Waals surface area contributed by atoms with Crippen LogP contribution in [0.1, 0.15) is 64.7 Å². The monoisotopic (exact) mass is 250 g/mol. The molecule has 18 heavy (non-hydrogen) atoms. The molecule has 0 bridgehead atoms. The third-order valence-electron chi connectivity index (χ3n) is 6.02. The molecule has 2 aliphatic carbocycles. The Morgan fingerprint density at radius 1 is 1.00 bits per heavy atom. The Hall–Kier alpha value is -0.0800. The van der Waals surface area contributed by atoms with Gasteiger partial charge in [-0.05, 0) is 63.3 Å². The maximum absolute atomic E-state index is 6.47. The van der Waals surface area contributed by atoms with E-state index in [2.05, 4.69) is 11.8 Å². The van der Waals surface area contributed by atoms with Crippen molar-refractivity contribution in [1.29, 1.82) is 0 Å². The predicted octanol–water partition coefficient (Wildman–Crippen LogP) is 3.16. The molecule has 0 aromatic rings. The van der Waals surface area contributed by atoms with Gasteiger partial charge in [-0.15, -0.1) is 0 Å². The molecule has 0 aromatic heterocycles. The molecule has 2 nitrogen and oxygen atoms in total. The van der Waals surface area contributed by atoms with Crippen molar-refractivity contribution in [2.24, 2.45) is 17.6 Å². The average Bonchev–Trinajstić information content (AvgIpc) is 2.87. The highest BCUT2D eigenvalue weighted by Gasteiger charge is 2.41. The molecule has 3 rings (SSSR count). The van der Waals surface area contributed by atoms with Gasteiger partial charge in [-0.2, -0.15) is 0 Å². The minimum Gasteiger partial charge on any atom is -0.326 e. The van der Waals surface area contributed by atoms with E-state index in [1.165, 1.54) is 64.3 Å². The molecule has 0 amide bonds. The zero-order valence-corrected chi connectivity index (χ0v) is 12.0. The number of nitrogens with zero attached hydrogens (tertiary/aromatic N) is 1. The van der Waals surface area contributed by atoms with Crippen molar-refractivity contribution in [2.75, 3.05) is 6.54 Å². The molecule has 3 aliphatic rings. The van der Waals surface area contributed by atoms with Gasteiger partial charge in [-0.3, -0.25) is 4.90 Å². The van der Waals surface area contributed by atoms with Crippen molar-refractivity contribution < 1.29 is 0 Å². The van der Waals surface area contributed by atoms with Gasteiger partial charge in [0.25, 0.3) is 0 Å². The zero-order valence-electron chi connectivity index (χ0n) is 12.0. The lowest BCUT2D eigenvalue weighted by atomic mass is 9.78. The predicted molar refractivity (Wildman–Crippen MR) is 76.5 cm³/mol. The highest BCUT2D eigenvalue weighted by atomic mass is 15.2. The van der Waals surface area contributed by atoms with Crippen LogP contribution < -0.4 is 5.73 Å². The van der Waals surface area contributed by atoms with E-state index < -0.39 is 0 Å². The number of nitrogens with two attached hydrogens (primary N) is 1. The molecule has 1 saturated heterocycles. The lowest BCUT2D eigenvalue weighted by Gasteiger charge is -2.48. The fourth-order valence-corrected chi connectivity index (χ4v) is 4.91. The Bertz CT molecular complexity index is 278. The lowest BCUT2D eigenvalue weighted by Crippen LogP contribution is -2.57. The third-order valence-corrected chi connectivity index (χ3v) is 6.02. The summed E-state index contributed by atoms with van der Waals surface area (Å²) in [6, 6.07) is 2.05. The summed E-state index contributed by atoms with van der Waals surface area (Å²) >= 11 is 0. The van der Waals surface area contributed by atoms with E-state index in [9.17, 15) is 0 Å². The van der Waals surface area contributed by atoms with Gasteiger partial charge < -0.3 is 5.73 Å². The van der Waals surface area contributed by atoms with Crippen molar-refractivity contribution in [3.05, 3.63) is 0 Å². The number of hydrogen-bond acceptors (Lipinski definition) is 2. The Labute approximate surface area is 112 Å². The second-order valence-corrected chi connectivity index (χ2v) is 6.96. The van der Waals surface area contributed by atoms with Gasteiger partial charge in [0.15, 0.2) is 0 Å². The maximum atomic E-state index is 6.47. The molecule has 0 spiro atoms. The molecule has 2 saturated carbocycles. The van der Waals surface area contributed by atoms with Crippen molar-refractivity contribution in [3.63, 3.8) is 0 Å². The van der Waals surface area contributed by atoms with E-state index in [1.807, 2.05) is 0 Å². The molecule has 0 aromatic carbocycles. The van der Waals surface area contributed by atoms with Crippen LogP contribution in [0.2, 0.25) is 0 Å². The first-order chi connectivity index (χ1) is 8.79. The van der Waals surface area contributed by atoms with E-state index >= 15 is 0 Å². The van der Waals surface area contributed by atoms with Crippen LogP contribution in [0, 0.1) is 11.8 Å². The van der Waals surface area contributed by atoms with Gasteiger partial charge in [0.05, 0.1) is 0 Å². The van der Waals surface area contributed by atoms with Crippen LogP contribution in [-0.4, -0.2) is 29.6 Å². The van der Waals surface area contributed by atoms with E-state index in [1.54, 1.807) is 0 Å². The Morgan fingerprint density at radius 3 is 2.67 bits per heavy atom. The van der Waals surface area contributed by atoms with Crippen LogP contribution in [-0.2, 0) is 0 Å². The van der Waals surface area contributed by atoms with E-state index in [0.717, 1.165) is 17.9 Å². The SMILES string of the molecule is CCC1CCC(N)C(N2CCCC3CCCC32)C1. The van der Waals surface area contributed by atoms with Gasteiger partial charge in [0.2, 0.25) is 0 Å². The topological polar surface area (TPSA) is 29.3 Å². The normalized spacial score (nSPS) is 46.0. The van der Waals surface area contributed by atoms with Crippen molar-refractivity contribution in [3.8, 4) is 0 Å². The first kappa shape index (κ1) is 12.9. The molecule has 104 valence electrons. The van der Waals surface area contributed by atoms with Crippen LogP contribution in [0.5, 0.6) is 0 Å². The van der Waals surface area contributed by atoms with Gasteiger partial charge in [-0.1, -0.05) is 19.8 Å². The van der Waals surface area contributed by atoms with Gasteiger partial charge in [0, 0.05) is 18.1 Å². The van der Waals surface area contributed by atoms with Crippen LogP contribution in [0.3, 0.4) is 0 Å². The van der Waals surface area contributed by atoms with Gasteiger partial charge >= 0.3 is 0 Å². The molecule has 5 unspecified atom stereocenters. The van der Waals surface area contributed by atoms with Gasteiger partial charge in [-0.25, -0.2) is 0 Å². The summed E-state index contributed by atoms with van der Waals surface area (Å²) in [5.74, 6) is 1.95. The summed E-state index contributed by atoms with van der Waals surface area (Å²) in [6.07, 6.45) is 12.7. The van der Waals surface area contributed by atoms with Gasteiger partial charge in [0.1, 0.15) is 0 Å². The smallest absolute Gasteiger partial charge is 0.0252 e. The third kappa shape index (κ3) is 2.34. The minimum atomic E-state index is 0.451. The summed E-state index contributed by atoms with van der Waals surface area (Å²) in [7, 11) is 0. The number of hydrogen-bond donors (Lipinski definition) is 1. The standard InChI is InChI=1S/C16H30N2/c1-2-12-8-9-14(17)16(11-12)18-10-4-6-13-5-3-7-15(13)18/h12-16H,2-11,17H2,1H3. The van der Waals surface area contributed by atoms with E-state index in [4.69, 9.17) is 5.73 Å². The zero-order chi connectivity index (χ0) is 12.5. The van der Waals surface area contributed by atoms with Crippen molar-refractivity contribution in [1.82, 2.24) is 4.90 Å². The molecular weight excluding hydrogens is 220 g/mol. The molecule has 2 heteroatoms. The van der Waals surface area contributed by atoms with E-state index in [0.29, 0.717) is 12.1 Å². The largest absolute Gasteiger partial charge is 0.326 e. The number of likely N-dealkylation sites (tertiary alicyclic amines) is 1. The van der Waals surface area contributed by atoms with Crippen LogP contribution in [0.15, 0.2) is 0 Å². The maximum Gasteiger partial charge on any atom is 0.0252 e. The highest BCUT2D eigenvalue weighted by Crippen LogP contribution is 2.40. The molecule has 0 radical (unpaired) electrons. The summed E-state index contributed by atoms with van der Waals surface area (Å²) in [6.45, 7) is 3.68. The summed E-state index contributed by atoms with van der Waals surface area (Å²) in [5, 5.41) is 0. The second-order valence-electron chi connectivity index (χ2n) is 6.96. The second kappa shape index (κ2) is 5.50. The van der Waals surface area contributed by atoms with Crippen LogP contribution >= 0.6 is 0 Å². The Morgan fingerprint density at radius 2 is 1.83 bits per heavy atom. The Balaban J connectivity index is 1.71. The van der Waals surface area contributed by atoms with Crippen molar-refractivity contribution >= 4 is 0 Å². The molecule has 1 heterocycles. The number of piperidine rings is 1. The first-order valence-corrected chi connectivity index (χ1v) is 8.31. The highest BCUT2D eigenvalue weighted by molar-refractivity contribution is 4.97. The summed E-state index contributed by atoms with van der Waals surface area (Å²) < 4.78 is 0. The summed E-state index contributed by atoms with van der Waals surface area (Å²) in [5.41, 5.74) is 6.47. The van der Waals surface area contributed by atoms with Crippen molar-refractivity contribution in [2.45, 2.75) is 82.8 Å². The molecule has 2 N–H and O–H groups in total. The lowest BCUT2D eigenvalue weighted by molar-refractivity contribution is 0.0274. The number of rotatable bonds is 2. The molecule has 3 fully saturated rings. The molecular formula is C16H30N2. The van der Waals surface area contributed by atoms with Crippen LogP contribution in [0.25, 0.3) is 0 Å². The molecule has 1 aliphatic heterocycles. The fraction of sp³-hybridized carbons (Fsp3) is 1.00. The quantitative estimate of drug-likeness (QED) is 0.815. The number of fused-ring (bicyclic) bond motifs is 1.